The topological polar surface area (TPSA) is 98.2 Å². The molecule has 1 N–H and O–H groups in total. The lowest BCUT2D eigenvalue weighted by atomic mass is 9.97. The van der Waals surface area contributed by atoms with E-state index in [-0.39, 0.29) is 38.9 Å². The van der Waals surface area contributed by atoms with E-state index in [2.05, 4.69) is 9.97 Å². The normalized spacial score (nSPS) is 11.8. The van der Waals surface area contributed by atoms with Crippen LogP contribution in [0.3, 0.4) is 0 Å². The first-order chi connectivity index (χ1) is 18.8. The number of rotatable bonds is 6. The van der Waals surface area contributed by atoms with E-state index in [1.165, 1.54) is 6.07 Å². The summed E-state index contributed by atoms with van der Waals surface area (Å²) in [6.07, 6.45) is 2.74. The van der Waals surface area contributed by atoms with E-state index in [0.29, 0.717) is 22.6 Å². The molecule has 0 bridgehead atoms. The minimum Gasteiger partial charge on any atom is -0.440 e. The van der Waals surface area contributed by atoms with E-state index in [1.807, 2.05) is 18.4 Å². The molecule has 7 nitrogen and oxygen atoms in total. The van der Waals surface area contributed by atoms with E-state index in [4.69, 9.17) is 4.42 Å². The van der Waals surface area contributed by atoms with Crippen LogP contribution in [0.25, 0.3) is 39.4 Å². The molecule has 3 aromatic carbocycles. The summed E-state index contributed by atoms with van der Waals surface area (Å²) in [6, 6.07) is 10.5. The van der Waals surface area contributed by atoms with Crippen molar-refractivity contribution in [3.8, 4) is 39.4 Å². The maximum atomic E-state index is 15.0. The Balaban J connectivity index is 1.81. The van der Waals surface area contributed by atoms with Crippen LogP contribution in [0, 0.1) is 38.2 Å². The minimum atomic E-state index is -3.87. The van der Waals surface area contributed by atoms with Crippen molar-refractivity contribution in [1.29, 1.82) is 0 Å². The Labute approximate surface area is 228 Å². The summed E-state index contributed by atoms with van der Waals surface area (Å²) in [5.74, 6) is -1.46. The third kappa shape index (κ3) is 5.05. The number of nitrogens with zero attached hydrogens (tertiary/aromatic N) is 3. The Morgan fingerprint density at radius 3 is 2.20 bits per heavy atom. The highest BCUT2D eigenvalue weighted by molar-refractivity contribution is 7.90. The van der Waals surface area contributed by atoms with Gasteiger partial charge in [0.05, 0.1) is 22.9 Å². The summed E-state index contributed by atoms with van der Waals surface area (Å²) in [4.78, 5) is 8.66. The number of aromatic nitrogens is 3. The highest BCUT2D eigenvalue weighted by Crippen LogP contribution is 2.39. The standard InChI is InChI=1S/C29H24F3N3O4S/c1-15-13-35(16(2)33-15)26-6-5-18(19-10-25(32)24(14-36)27(11-19)40(4,37)38)9-23(26)28-29(39-17(3)34-28)20-7-21(30)12-22(31)8-20/h5-13,36H,14H2,1-4H3. The number of sulfone groups is 1. The van der Waals surface area contributed by atoms with Gasteiger partial charge >= 0.3 is 0 Å². The first-order valence-electron chi connectivity index (χ1n) is 12.1. The third-order valence-electron chi connectivity index (χ3n) is 6.42. The van der Waals surface area contributed by atoms with Gasteiger partial charge in [-0.05, 0) is 61.4 Å². The molecule has 2 heterocycles. The minimum absolute atomic E-state index is 0.113. The van der Waals surface area contributed by atoms with Gasteiger partial charge in [0.1, 0.15) is 29.0 Å². The second-order valence-electron chi connectivity index (χ2n) is 9.47. The predicted molar refractivity (Wildman–Crippen MR) is 143 cm³/mol. The molecule has 0 saturated carbocycles. The molecule has 0 saturated heterocycles. The second-order valence-corrected chi connectivity index (χ2v) is 11.4. The zero-order valence-electron chi connectivity index (χ0n) is 22.0. The largest absolute Gasteiger partial charge is 0.440 e. The Kier molecular flexibility index (Phi) is 6.89. The van der Waals surface area contributed by atoms with Gasteiger partial charge in [-0.3, -0.25) is 0 Å². The molecule has 0 aliphatic rings. The lowest BCUT2D eigenvalue weighted by molar-refractivity contribution is 0.272. The molecule has 11 heteroatoms. The molecule has 0 radical (unpaired) electrons. The summed E-state index contributed by atoms with van der Waals surface area (Å²) in [6.45, 7) is 4.45. The maximum Gasteiger partial charge on any atom is 0.192 e. The first kappa shape index (κ1) is 27.4. The molecular weight excluding hydrogens is 543 g/mol. The molecule has 0 amide bonds. The van der Waals surface area contributed by atoms with Crippen LogP contribution in [0.1, 0.15) is 23.0 Å². The number of halogens is 3. The summed E-state index contributed by atoms with van der Waals surface area (Å²) < 4.78 is 75.7. The molecule has 2 aromatic heterocycles. The summed E-state index contributed by atoms with van der Waals surface area (Å²) >= 11 is 0. The summed E-state index contributed by atoms with van der Waals surface area (Å²) in [5, 5.41) is 9.60. The van der Waals surface area contributed by atoms with Gasteiger partial charge in [0, 0.05) is 42.1 Å². The number of benzene rings is 3. The fourth-order valence-corrected chi connectivity index (χ4v) is 5.68. The van der Waals surface area contributed by atoms with Crippen molar-refractivity contribution in [2.75, 3.05) is 6.26 Å². The fraction of sp³-hybridized carbons (Fsp3) is 0.172. The van der Waals surface area contributed by atoms with Crippen LogP contribution >= 0.6 is 0 Å². The zero-order chi connectivity index (χ0) is 28.9. The van der Waals surface area contributed by atoms with Crippen LogP contribution in [-0.4, -0.2) is 34.3 Å². The molecule has 5 rings (SSSR count). The van der Waals surface area contributed by atoms with Crippen LogP contribution in [-0.2, 0) is 16.4 Å². The average molecular weight is 568 g/mol. The smallest absolute Gasteiger partial charge is 0.192 e. The van der Waals surface area contributed by atoms with Crippen molar-refractivity contribution in [2.45, 2.75) is 32.3 Å². The van der Waals surface area contributed by atoms with Gasteiger partial charge in [0.2, 0.25) is 0 Å². The fourth-order valence-electron chi connectivity index (χ4n) is 4.73. The van der Waals surface area contributed by atoms with Gasteiger partial charge in [-0.25, -0.2) is 31.6 Å². The molecule has 0 aliphatic carbocycles. The van der Waals surface area contributed by atoms with Gasteiger partial charge in [-0.1, -0.05) is 6.07 Å². The SMILES string of the molecule is Cc1cn(-c2ccc(-c3cc(F)c(CO)c(S(C)(=O)=O)c3)cc2-c2nc(C)oc2-c2cc(F)cc(F)c2)c(C)n1. The van der Waals surface area contributed by atoms with Crippen molar-refractivity contribution in [1.82, 2.24) is 14.5 Å². The van der Waals surface area contributed by atoms with Gasteiger partial charge < -0.3 is 14.1 Å². The monoisotopic (exact) mass is 567 g/mol. The lowest BCUT2D eigenvalue weighted by Crippen LogP contribution is -2.06. The molecule has 40 heavy (non-hydrogen) atoms. The van der Waals surface area contributed by atoms with E-state index < -0.39 is 33.9 Å². The van der Waals surface area contributed by atoms with Gasteiger partial charge in [-0.15, -0.1) is 0 Å². The molecule has 0 atom stereocenters. The predicted octanol–water partition coefficient (Wildman–Crippen LogP) is 6.10. The van der Waals surface area contributed by atoms with Crippen LogP contribution in [0.15, 0.2) is 64.0 Å². The summed E-state index contributed by atoms with van der Waals surface area (Å²) in [7, 11) is -3.87. The molecule has 0 aliphatic heterocycles. The van der Waals surface area contributed by atoms with E-state index in [9.17, 15) is 26.7 Å². The van der Waals surface area contributed by atoms with Crippen molar-refractivity contribution >= 4 is 9.84 Å². The Bertz CT molecular complexity index is 1870. The number of imidazole rings is 1. The Morgan fingerprint density at radius 1 is 0.900 bits per heavy atom. The molecule has 5 aromatic rings. The first-order valence-corrected chi connectivity index (χ1v) is 14.0. The van der Waals surface area contributed by atoms with E-state index in [1.54, 1.807) is 31.3 Å². The van der Waals surface area contributed by atoms with Gasteiger partial charge in [-0.2, -0.15) is 0 Å². The number of hydrogen-bond acceptors (Lipinski definition) is 6. The van der Waals surface area contributed by atoms with Crippen molar-refractivity contribution in [3.63, 3.8) is 0 Å². The van der Waals surface area contributed by atoms with E-state index in [0.717, 1.165) is 36.2 Å². The van der Waals surface area contributed by atoms with E-state index >= 15 is 0 Å². The summed E-state index contributed by atoms with van der Waals surface area (Å²) in [5.41, 5.74) is 2.54. The van der Waals surface area contributed by atoms with Crippen molar-refractivity contribution < 1.29 is 31.1 Å². The quantitative estimate of drug-likeness (QED) is 0.266. The molecule has 206 valence electrons. The highest BCUT2D eigenvalue weighted by atomic mass is 32.2. The van der Waals surface area contributed by atoms with Crippen LogP contribution in [0.5, 0.6) is 0 Å². The zero-order valence-corrected chi connectivity index (χ0v) is 22.8. The number of aliphatic hydroxyl groups excluding tert-OH is 1. The third-order valence-corrected chi connectivity index (χ3v) is 7.58. The van der Waals surface area contributed by atoms with Gasteiger partial charge in [0.25, 0.3) is 0 Å². The molecular formula is C29H24F3N3O4S. The number of aryl methyl sites for hydroxylation is 3. The van der Waals surface area contributed by atoms with Gasteiger partial charge in [0.15, 0.2) is 21.5 Å². The number of hydrogen-bond donors (Lipinski definition) is 1. The molecule has 0 unspecified atom stereocenters. The Morgan fingerprint density at radius 2 is 1.60 bits per heavy atom. The molecule has 0 fully saturated rings. The average Bonchev–Trinajstić information content (AvgIpc) is 3.42. The second kappa shape index (κ2) is 10.1. The van der Waals surface area contributed by atoms with Crippen LogP contribution < -0.4 is 0 Å². The molecule has 0 spiro atoms. The van der Waals surface area contributed by atoms with Crippen LogP contribution in [0.2, 0.25) is 0 Å². The highest BCUT2D eigenvalue weighted by Gasteiger charge is 2.23. The van der Waals surface area contributed by atoms with Crippen molar-refractivity contribution in [2.24, 2.45) is 0 Å². The van der Waals surface area contributed by atoms with Crippen LogP contribution in [0.4, 0.5) is 13.2 Å². The maximum absolute atomic E-state index is 15.0. The number of oxazole rings is 1. The number of aliphatic hydroxyl groups is 1. The Hall–Kier alpha value is -4.22. The lowest BCUT2D eigenvalue weighted by Gasteiger charge is -2.15. The van der Waals surface area contributed by atoms with Crippen molar-refractivity contribution in [3.05, 3.63) is 95.2 Å².